The van der Waals surface area contributed by atoms with Crippen LogP contribution in [-0.2, 0) is 4.79 Å². The van der Waals surface area contributed by atoms with Crippen LogP contribution in [-0.4, -0.2) is 48.0 Å². The van der Waals surface area contributed by atoms with Crippen LogP contribution < -0.4 is 5.32 Å². The summed E-state index contributed by atoms with van der Waals surface area (Å²) < 4.78 is 0. The Balaban J connectivity index is 0.00000144. The van der Waals surface area contributed by atoms with Gasteiger partial charge in [-0.2, -0.15) is 11.8 Å². The van der Waals surface area contributed by atoms with Gasteiger partial charge in [0.1, 0.15) is 0 Å². The number of rotatable bonds is 3. The Morgan fingerprint density at radius 2 is 2.12 bits per heavy atom. The number of carbonyl (C=O) groups excluding carboxylic acids is 1. The molecule has 2 fully saturated rings. The fraction of sp³-hybridized carbons (Fsp3) is 0.917. The summed E-state index contributed by atoms with van der Waals surface area (Å²) in [6.07, 6.45) is 5.61. The first-order valence-electron chi connectivity index (χ1n) is 6.26. The lowest BCUT2D eigenvalue weighted by Crippen LogP contribution is -2.45. The lowest BCUT2D eigenvalue weighted by atomic mass is 10.1. The molecule has 100 valence electrons. The second-order valence-electron chi connectivity index (χ2n) is 4.98. The Hall–Kier alpha value is 0.0700. The van der Waals surface area contributed by atoms with E-state index in [9.17, 15) is 4.79 Å². The van der Waals surface area contributed by atoms with Crippen LogP contribution in [0.5, 0.6) is 0 Å². The summed E-state index contributed by atoms with van der Waals surface area (Å²) in [7, 11) is 0. The van der Waals surface area contributed by atoms with E-state index in [0.29, 0.717) is 18.0 Å². The molecule has 0 aromatic carbocycles. The number of fused-ring (bicyclic) bond motifs is 2. The van der Waals surface area contributed by atoms with E-state index >= 15 is 0 Å². The van der Waals surface area contributed by atoms with Crippen molar-refractivity contribution in [2.24, 2.45) is 5.92 Å². The normalized spacial score (nSPS) is 29.4. The third-order valence-corrected chi connectivity index (χ3v) is 4.58. The van der Waals surface area contributed by atoms with E-state index in [1.54, 1.807) is 11.8 Å². The minimum Gasteiger partial charge on any atom is -0.335 e. The summed E-state index contributed by atoms with van der Waals surface area (Å²) in [6.45, 7) is 4.13. The van der Waals surface area contributed by atoms with Gasteiger partial charge in [0.25, 0.3) is 0 Å². The molecule has 3 nitrogen and oxygen atoms in total. The van der Waals surface area contributed by atoms with Crippen LogP contribution in [0.25, 0.3) is 0 Å². The van der Waals surface area contributed by atoms with Crippen molar-refractivity contribution in [2.75, 3.05) is 25.1 Å². The Morgan fingerprint density at radius 1 is 1.41 bits per heavy atom. The number of nitrogens with zero attached hydrogens (tertiary/aromatic N) is 1. The molecule has 0 aromatic rings. The monoisotopic (exact) mass is 278 g/mol. The molecule has 2 rings (SSSR count). The second-order valence-corrected chi connectivity index (χ2v) is 5.89. The average molecular weight is 279 g/mol. The number of nitrogens with one attached hydrogen (secondary N) is 1. The minimum atomic E-state index is 0. The van der Waals surface area contributed by atoms with Crippen LogP contribution >= 0.6 is 24.2 Å². The molecule has 2 aliphatic rings. The smallest absolute Gasteiger partial charge is 0.226 e. The first kappa shape index (κ1) is 15.1. The van der Waals surface area contributed by atoms with Gasteiger partial charge in [-0.05, 0) is 32.1 Å². The molecule has 5 heteroatoms. The number of carbonyl (C=O) groups is 1. The molecular weight excluding hydrogens is 256 g/mol. The van der Waals surface area contributed by atoms with Crippen molar-refractivity contribution in [1.82, 2.24) is 10.2 Å². The van der Waals surface area contributed by atoms with Crippen LogP contribution in [0, 0.1) is 5.92 Å². The molecule has 0 aliphatic carbocycles. The zero-order valence-electron chi connectivity index (χ0n) is 10.6. The van der Waals surface area contributed by atoms with Crippen molar-refractivity contribution in [3.63, 3.8) is 0 Å². The van der Waals surface area contributed by atoms with Gasteiger partial charge in [-0.1, -0.05) is 6.92 Å². The molecule has 1 amide bonds. The SMILES string of the molecule is CSCC(C)C(=O)N1C2CCNCC1CC2.Cl. The lowest BCUT2D eigenvalue weighted by Gasteiger charge is -2.30. The molecule has 0 saturated carbocycles. The molecule has 2 bridgehead atoms. The molecule has 0 aromatic heterocycles. The molecule has 1 N–H and O–H groups in total. The minimum absolute atomic E-state index is 0. The van der Waals surface area contributed by atoms with Crippen LogP contribution in [0.1, 0.15) is 26.2 Å². The van der Waals surface area contributed by atoms with E-state index in [2.05, 4.69) is 23.4 Å². The van der Waals surface area contributed by atoms with Gasteiger partial charge in [-0.3, -0.25) is 4.79 Å². The van der Waals surface area contributed by atoms with Crippen molar-refractivity contribution >= 4 is 30.1 Å². The molecule has 0 spiro atoms. The van der Waals surface area contributed by atoms with Crippen molar-refractivity contribution in [1.29, 1.82) is 0 Å². The van der Waals surface area contributed by atoms with Gasteiger partial charge in [0.2, 0.25) is 5.91 Å². The Bertz CT molecular complexity index is 251. The summed E-state index contributed by atoms with van der Waals surface area (Å²) in [4.78, 5) is 14.6. The topological polar surface area (TPSA) is 32.3 Å². The molecule has 3 atom stereocenters. The highest BCUT2D eigenvalue weighted by Crippen LogP contribution is 2.29. The Morgan fingerprint density at radius 3 is 2.82 bits per heavy atom. The van der Waals surface area contributed by atoms with Crippen LogP contribution in [0.3, 0.4) is 0 Å². The van der Waals surface area contributed by atoms with Crippen LogP contribution in [0.2, 0.25) is 0 Å². The fourth-order valence-electron chi connectivity index (χ4n) is 2.92. The maximum absolute atomic E-state index is 12.4. The molecule has 17 heavy (non-hydrogen) atoms. The van der Waals surface area contributed by atoms with E-state index in [1.807, 2.05) is 0 Å². The number of thioether (sulfide) groups is 1. The van der Waals surface area contributed by atoms with Gasteiger partial charge in [0, 0.05) is 30.3 Å². The maximum Gasteiger partial charge on any atom is 0.226 e. The van der Waals surface area contributed by atoms with Gasteiger partial charge < -0.3 is 10.2 Å². The van der Waals surface area contributed by atoms with E-state index in [4.69, 9.17) is 0 Å². The van der Waals surface area contributed by atoms with E-state index in [-0.39, 0.29) is 18.3 Å². The molecular formula is C12H23ClN2OS. The average Bonchev–Trinajstić information content (AvgIpc) is 2.51. The summed E-state index contributed by atoms with van der Waals surface area (Å²) in [5.74, 6) is 1.50. The fourth-order valence-corrected chi connectivity index (χ4v) is 3.56. The molecule has 2 heterocycles. The number of hydrogen-bond acceptors (Lipinski definition) is 3. The van der Waals surface area contributed by atoms with Gasteiger partial charge in [0.05, 0.1) is 0 Å². The van der Waals surface area contributed by atoms with E-state index in [1.165, 1.54) is 12.8 Å². The third kappa shape index (κ3) is 3.30. The first-order valence-corrected chi connectivity index (χ1v) is 7.65. The molecule has 3 unspecified atom stereocenters. The van der Waals surface area contributed by atoms with Crippen LogP contribution in [0.15, 0.2) is 0 Å². The number of hydrogen-bond donors (Lipinski definition) is 1. The van der Waals surface area contributed by atoms with Crippen molar-refractivity contribution in [2.45, 2.75) is 38.3 Å². The number of halogens is 1. The summed E-state index contributed by atoms with van der Waals surface area (Å²) in [5, 5.41) is 3.44. The standard InChI is InChI=1S/C12H22N2OS.ClH/c1-9(8-16-2)12(15)14-10-3-4-11(14)7-13-6-5-10;/h9-11,13H,3-8H2,1-2H3;1H. The Labute approximate surface area is 114 Å². The molecule has 0 radical (unpaired) electrons. The van der Waals surface area contributed by atoms with Gasteiger partial charge in [0.15, 0.2) is 0 Å². The zero-order valence-corrected chi connectivity index (χ0v) is 12.3. The second kappa shape index (κ2) is 6.86. The summed E-state index contributed by atoms with van der Waals surface area (Å²) in [6, 6.07) is 0.973. The Kier molecular flexibility index (Phi) is 6.10. The third-order valence-electron chi connectivity index (χ3n) is 3.75. The maximum atomic E-state index is 12.4. The number of amides is 1. The largest absolute Gasteiger partial charge is 0.335 e. The van der Waals surface area contributed by atoms with Crippen molar-refractivity contribution < 1.29 is 4.79 Å². The van der Waals surface area contributed by atoms with Gasteiger partial charge in [-0.25, -0.2) is 0 Å². The predicted molar refractivity (Wildman–Crippen MR) is 75.9 cm³/mol. The lowest BCUT2D eigenvalue weighted by molar-refractivity contribution is -0.136. The highest BCUT2D eigenvalue weighted by Gasteiger charge is 2.39. The highest BCUT2D eigenvalue weighted by molar-refractivity contribution is 7.98. The highest BCUT2D eigenvalue weighted by atomic mass is 35.5. The van der Waals surface area contributed by atoms with Gasteiger partial charge >= 0.3 is 0 Å². The van der Waals surface area contributed by atoms with Gasteiger partial charge in [-0.15, -0.1) is 12.4 Å². The van der Waals surface area contributed by atoms with Crippen molar-refractivity contribution in [3.05, 3.63) is 0 Å². The molecule has 2 saturated heterocycles. The van der Waals surface area contributed by atoms with Crippen molar-refractivity contribution in [3.8, 4) is 0 Å². The summed E-state index contributed by atoms with van der Waals surface area (Å²) >= 11 is 1.77. The quantitative estimate of drug-likeness (QED) is 0.854. The van der Waals surface area contributed by atoms with Crippen LogP contribution in [0.4, 0.5) is 0 Å². The predicted octanol–water partition coefficient (Wildman–Crippen LogP) is 1.76. The molecule has 2 aliphatic heterocycles. The van der Waals surface area contributed by atoms with E-state index in [0.717, 1.165) is 25.3 Å². The summed E-state index contributed by atoms with van der Waals surface area (Å²) in [5.41, 5.74) is 0. The zero-order chi connectivity index (χ0) is 11.5. The first-order chi connectivity index (χ1) is 7.74. The van der Waals surface area contributed by atoms with E-state index < -0.39 is 0 Å².